The summed E-state index contributed by atoms with van der Waals surface area (Å²) >= 11 is 0. The summed E-state index contributed by atoms with van der Waals surface area (Å²) < 4.78 is 5.38. The third kappa shape index (κ3) is 3.78. The number of rotatable bonds is 4. The lowest BCUT2D eigenvalue weighted by atomic mass is 10.1. The number of benzene rings is 1. The molecule has 7 nitrogen and oxygen atoms in total. The van der Waals surface area contributed by atoms with Crippen LogP contribution in [0.2, 0.25) is 0 Å². The summed E-state index contributed by atoms with van der Waals surface area (Å²) in [4.78, 5) is 11.1. The van der Waals surface area contributed by atoms with Crippen molar-refractivity contribution in [1.82, 2.24) is 20.2 Å². The molecule has 2 aromatic heterocycles. The summed E-state index contributed by atoms with van der Waals surface area (Å²) in [6.07, 6.45) is 3.51. The molecule has 0 amide bonds. The van der Waals surface area contributed by atoms with Gasteiger partial charge in [-0.25, -0.2) is 4.98 Å². The standard InChI is InChI=1S/C19H20N6O/c1-14-2-4-15(5-3-14)16-12-18(24-21-13-16)22-17-6-7-20-19(23-17)25-8-10-26-11-9-25/h2-7,12-13H,8-11H2,1H3,(H,20,22,23,24). The molecular formula is C19H20N6O. The molecule has 3 heterocycles. The second-order valence-electron chi connectivity index (χ2n) is 6.16. The highest BCUT2D eigenvalue weighted by atomic mass is 16.5. The second kappa shape index (κ2) is 7.45. The summed E-state index contributed by atoms with van der Waals surface area (Å²) in [6, 6.07) is 12.1. The van der Waals surface area contributed by atoms with E-state index in [1.165, 1.54) is 5.56 Å². The molecule has 1 aromatic carbocycles. The molecule has 1 aliphatic rings. The van der Waals surface area contributed by atoms with Crippen LogP contribution in [0.15, 0.2) is 48.8 Å². The van der Waals surface area contributed by atoms with E-state index in [9.17, 15) is 0 Å². The second-order valence-corrected chi connectivity index (χ2v) is 6.16. The molecule has 7 heteroatoms. The number of morpholine rings is 1. The third-order valence-electron chi connectivity index (χ3n) is 4.23. The normalized spacial score (nSPS) is 14.3. The van der Waals surface area contributed by atoms with E-state index in [2.05, 4.69) is 61.6 Å². The molecule has 0 radical (unpaired) electrons. The van der Waals surface area contributed by atoms with E-state index in [0.717, 1.165) is 24.2 Å². The van der Waals surface area contributed by atoms with Crippen LogP contribution in [0.5, 0.6) is 0 Å². The number of hydrogen-bond donors (Lipinski definition) is 1. The first-order valence-electron chi connectivity index (χ1n) is 8.60. The minimum atomic E-state index is 0.648. The molecule has 0 bridgehead atoms. The monoisotopic (exact) mass is 348 g/mol. The summed E-state index contributed by atoms with van der Waals surface area (Å²) in [5, 5.41) is 11.5. The van der Waals surface area contributed by atoms with Gasteiger partial charge >= 0.3 is 0 Å². The largest absolute Gasteiger partial charge is 0.378 e. The van der Waals surface area contributed by atoms with Gasteiger partial charge in [-0.2, -0.15) is 10.1 Å². The van der Waals surface area contributed by atoms with Crippen LogP contribution in [0.1, 0.15) is 5.56 Å². The van der Waals surface area contributed by atoms with Crippen molar-refractivity contribution in [2.75, 3.05) is 36.5 Å². The molecule has 1 N–H and O–H groups in total. The lowest BCUT2D eigenvalue weighted by molar-refractivity contribution is 0.122. The van der Waals surface area contributed by atoms with E-state index >= 15 is 0 Å². The SMILES string of the molecule is Cc1ccc(-c2cnnc(Nc3ccnc(N4CCOCC4)n3)c2)cc1. The molecule has 26 heavy (non-hydrogen) atoms. The van der Waals surface area contributed by atoms with Gasteiger partial charge in [0.05, 0.1) is 19.4 Å². The Morgan fingerprint density at radius 3 is 2.62 bits per heavy atom. The quantitative estimate of drug-likeness (QED) is 0.777. The van der Waals surface area contributed by atoms with E-state index in [0.29, 0.717) is 30.8 Å². The number of nitrogens with one attached hydrogen (secondary N) is 1. The van der Waals surface area contributed by atoms with Crippen molar-refractivity contribution >= 4 is 17.6 Å². The minimum absolute atomic E-state index is 0.648. The van der Waals surface area contributed by atoms with Gasteiger partial charge < -0.3 is 15.0 Å². The number of nitrogens with zero attached hydrogens (tertiary/aromatic N) is 5. The molecule has 0 aliphatic carbocycles. The van der Waals surface area contributed by atoms with Crippen LogP contribution in [0.25, 0.3) is 11.1 Å². The van der Waals surface area contributed by atoms with E-state index in [-0.39, 0.29) is 0 Å². The number of hydrogen-bond acceptors (Lipinski definition) is 7. The van der Waals surface area contributed by atoms with Crippen molar-refractivity contribution < 1.29 is 4.74 Å². The maximum atomic E-state index is 5.38. The molecule has 1 fully saturated rings. The van der Waals surface area contributed by atoms with Crippen molar-refractivity contribution in [2.24, 2.45) is 0 Å². The molecule has 1 saturated heterocycles. The predicted octanol–water partition coefficient (Wildman–Crippen LogP) is 2.82. The third-order valence-corrected chi connectivity index (χ3v) is 4.23. The van der Waals surface area contributed by atoms with Gasteiger partial charge in [-0.1, -0.05) is 29.8 Å². The topological polar surface area (TPSA) is 76.1 Å². The zero-order valence-electron chi connectivity index (χ0n) is 14.6. The van der Waals surface area contributed by atoms with Gasteiger partial charge in [0.1, 0.15) is 5.82 Å². The average molecular weight is 348 g/mol. The molecule has 0 atom stereocenters. The fourth-order valence-corrected chi connectivity index (χ4v) is 2.80. The molecule has 0 saturated carbocycles. The van der Waals surface area contributed by atoms with Crippen LogP contribution in [0, 0.1) is 6.92 Å². The van der Waals surface area contributed by atoms with Crippen LogP contribution in [0.3, 0.4) is 0 Å². The highest BCUT2D eigenvalue weighted by Crippen LogP contribution is 2.22. The van der Waals surface area contributed by atoms with Gasteiger partial charge in [0.25, 0.3) is 0 Å². The first-order valence-corrected chi connectivity index (χ1v) is 8.60. The lowest BCUT2D eigenvalue weighted by Crippen LogP contribution is -2.37. The Morgan fingerprint density at radius 1 is 1.00 bits per heavy atom. The number of anilines is 3. The maximum absolute atomic E-state index is 5.38. The Bertz CT molecular complexity index is 877. The van der Waals surface area contributed by atoms with Gasteiger partial charge in [0.2, 0.25) is 5.95 Å². The maximum Gasteiger partial charge on any atom is 0.227 e. The first kappa shape index (κ1) is 16.4. The Hall–Kier alpha value is -3.06. The molecule has 3 aromatic rings. The fourth-order valence-electron chi connectivity index (χ4n) is 2.80. The van der Waals surface area contributed by atoms with Crippen molar-refractivity contribution in [3.63, 3.8) is 0 Å². The smallest absolute Gasteiger partial charge is 0.227 e. The van der Waals surface area contributed by atoms with Crippen LogP contribution < -0.4 is 10.2 Å². The highest BCUT2D eigenvalue weighted by molar-refractivity contribution is 5.67. The van der Waals surface area contributed by atoms with Crippen molar-refractivity contribution in [3.8, 4) is 11.1 Å². The lowest BCUT2D eigenvalue weighted by Gasteiger charge is -2.26. The molecule has 0 spiro atoms. The van der Waals surface area contributed by atoms with Crippen LogP contribution in [-0.4, -0.2) is 46.5 Å². The number of ether oxygens (including phenoxy) is 1. The fraction of sp³-hybridized carbons (Fsp3) is 0.263. The number of aromatic nitrogens is 4. The first-order chi connectivity index (χ1) is 12.8. The van der Waals surface area contributed by atoms with Crippen LogP contribution in [0.4, 0.5) is 17.6 Å². The van der Waals surface area contributed by atoms with Gasteiger partial charge in [0, 0.05) is 24.8 Å². The van der Waals surface area contributed by atoms with Gasteiger partial charge in [-0.15, -0.1) is 5.10 Å². The molecule has 132 valence electrons. The van der Waals surface area contributed by atoms with Crippen LogP contribution >= 0.6 is 0 Å². The molecule has 0 unspecified atom stereocenters. The minimum Gasteiger partial charge on any atom is -0.378 e. The summed E-state index contributed by atoms with van der Waals surface area (Å²) in [5.74, 6) is 2.03. The molecular weight excluding hydrogens is 328 g/mol. The molecule has 1 aliphatic heterocycles. The summed E-state index contributed by atoms with van der Waals surface area (Å²) in [7, 11) is 0. The van der Waals surface area contributed by atoms with E-state index in [4.69, 9.17) is 4.74 Å². The summed E-state index contributed by atoms with van der Waals surface area (Å²) in [6.45, 7) is 5.07. The van der Waals surface area contributed by atoms with E-state index < -0.39 is 0 Å². The zero-order chi connectivity index (χ0) is 17.8. The van der Waals surface area contributed by atoms with Crippen molar-refractivity contribution in [3.05, 3.63) is 54.4 Å². The van der Waals surface area contributed by atoms with Gasteiger partial charge in [0.15, 0.2) is 5.82 Å². The highest BCUT2D eigenvalue weighted by Gasteiger charge is 2.14. The van der Waals surface area contributed by atoms with Gasteiger partial charge in [-0.3, -0.25) is 0 Å². The van der Waals surface area contributed by atoms with Crippen LogP contribution in [-0.2, 0) is 4.74 Å². The Labute approximate surface area is 152 Å². The Kier molecular flexibility index (Phi) is 4.70. The van der Waals surface area contributed by atoms with Gasteiger partial charge in [-0.05, 0) is 24.6 Å². The van der Waals surface area contributed by atoms with E-state index in [1.807, 2.05) is 12.1 Å². The van der Waals surface area contributed by atoms with E-state index in [1.54, 1.807) is 12.4 Å². The van der Waals surface area contributed by atoms with Crippen molar-refractivity contribution in [2.45, 2.75) is 6.92 Å². The number of aryl methyl sites for hydroxylation is 1. The zero-order valence-corrected chi connectivity index (χ0v) is 14.6. The Morgan fingerprint density at radius 2 is 1.81 bits per heavy atom. The summed E-state index contributed by atoms with van der Waals surface area (Å²) in [5.41, 5.74) is 3.33. The Balaban J connectivity index is 1.54. The predicted molar refractivity (Wildman–Crippen MR) is 101 cm³/mol. The average Bonchev–Trinajstić information content (AvgIpc) is 2.70. The molecule has 4 rings (SSSR count). The van der Waals surface area contributed by atoms with Crippen molar-refractivity contribution in [1.29, 1.82) is 0 Å².